The number of benzene rings is 1. The van der Waals surface area contributed by atoms with E-state index in [1.807, 2.05) is 0 Å². The molecule has 0 saturated carbocycles. The molecule has 0 spiro atoms. The molecule has 1 N–H and O–H groups in total. The fourth-order valence-electron chi connectivity index (χ4n) is 2.56. The summed E-state index contributed by atoms with van der Waals surface area (Å²) in [6.07, 6.45) is 1.76. The number of aryl methyl sites for hydroxylation is 2. The lowest BCUT2D eigenvalue weighted by Gasteiger charge is -2.33. The highest BCUT2D eigenvalue weighted by Crippen LogP contribution is 2.26. The van der Waals surface area contributed by atoms with Crippen molar-refractivity contribution >= 4 is 11.7 Å². The topological polar surface area (TPSA) is 40.5 Å². The van der Waals surface area contributed by atoms with Crippen LogP contribution in [-0.2, 0) is 4.79 Å². The molecule has 3 heteroatoms. The Labute approximate surface area is 102 Å². The van der Waals surface area contributed by atoms with Gasteiger partial charge >= 0.3 is 5.97 Å². The van der Waals surface area contributed by atoms with Gasteiger partial charge in [-0.05, 0) is 38.3 Å². The quantitative estimate of drug-likeness (QED) is 0.853. The summed E-state index contributed by atoms with van der Waals surface area (Å²) in [4.78, 5) is 13.2. The zero-order chi connectivity index (χ0) is 12.4. The van der Waals surface area contributed by atoms with Crippen LogP contribution in [0.2, 0.25) is 0 Å². The molecular formula is C14H19NO2. The minimum Gasteiger partial charge on any atom is -0.481 e. The van der Waals surface area contributed by atoms with Crippen molar-refractivity contribution in [1.82, 2.24) is 0 Å². The molecule has 1 aliphatic heterocycles. The number of carboxylic acid groups (broad SMARTS) is 1. The standard InChI is InChI=1S/C14H19NO2/c1-10-5-6-13(11(2)8-10)15-7-3-4-12(9-15)14(16)17/h5-6,8,12H,3-4,7,9H2,1-2H3,(H,16,17). The summed E-state index contributed by atoms with van der Waals surface area (Å²) in [5.41, 5.74) is 3.66. The van der Waals surface area contributed by atoms with E-state index in [1.165, 1.54) is 16.8 Å². The SMILES string of the molecule is Cc1ccc(N2CCCC(C(=O)O)C2)c(C)c1. The number of anilines is 1. The van der Waals surface area contributed by atoms with Gasteiger partial charge in [-0.25, -0.2) is 0 Å². The minimum absolute atomic E-state index is 0.218. The first-order chi connectivity index (χ1) is 8.08. The van der Waals surface area contributed by atoms with Gasteiger partial charge in [-0.3, -0.25) is 4.79 Å². The summed E-state index contributed by atoms with van der Waals surface area (Å²) >= 11 is 0. The predicted molar refractivity (Wildman–Crippen MR) is 68.5 cm³/mol. The van der Waals surface area contributed by atoms with Gasteiger partial charge in [-0.2, -0.15) is 0 Å². The third kappa shape index (κ3) is 2.60. The third-order valence-electron chi connectivity index (χ3n) is 3.46. The van der Waals surface area contributed by atoms with Crippen LogP contribution in [0.15, 0.2) is 18.2 Å². The van der Waals surface area contributed by atoms with Gasteiger partial charge in [-0.1, -0.05) is 17.7 Å². The van der Waals surface area contributed by atoms with Crippen molar-refractivity contribution in [1.29, 1.82) is 0 Å². The molecule has 1 heterocycles. The molecule has 17 heavy (non-hydrogen) atoms. The van der Waals surface area contributed by atoms with Gasteiger partial charge in [0.05, 0.1) is 5.92 Å². The Morgan fingerprint density at radius 2 is 2.18 bits per heavy atom. The molecule has 1 aromatic rings. The highest BCUT2D eigenvalue weighted by molar-refractivity contribution is 5.71. The van der Waals surface area contributed by atoms with Crippen LogP contribution in [0.3, 0.4) is 0 Å². The molecule has 1 fully saturated rings. The molecule has 1 unspecified atom stereocenters. The Morgan fingerprint density at radius 1 is 1.41 bits per heavy atom. The van der Waals surface area contributed by atoms with Crippen molar-refractivity contribution < 1.29 is 9.90 Å². The maximum atomic E-state index is 11.0. The van der Waals surface area contributed by atoms with Gasteiger partial charge in [0.15, 0.2) is 0 Å². The molecular weight excluding hydrogens is 214 g/mol. The van der Waals surface area contributed by atoms with Crippen LogP contribution in [0, 0.1) is 19.8 Å². The number of aliphatic carboxylic acids is 1. The van der Waals surface area contributed by atoms with E-state index in [9.17, 15) is 4.79 Å². The Bertz CT molecular complexity index is 428. The molecule has 0 aromatic heterocycles. The van der Waals surface area contributed by atoms with Gasteiger partial charge < -0.3 is 10.0 Å². The molecule has 2 rings (SSSR count). The third-order valence-corrected chi connectivity index (χ3v) is 3.46. The Kier molecular flexibility index (Phi) is 3.36. The Hall–Kier alpha value is -1.51. The molecule has 92 valence electrons. The van der Waals surface area contributed by atoms with Gasteiger partial charge in [0.2, 0.25) is 0 Å². The second-order valence-electron chi connectivity index (χ2n) is 4.91. The number of carboxylic acids is 1. The summed E-state index contributed by atoms with van der Waals surface area (Å²) in [5.74, 6) is -0.885. The van der Waals surface area contributed by atoms with Crippen molar-refractivity contribution in [3.63, 3.8) is 0 Å². The molecule has 3 nitrogen and oxygen atoms in total. The lowest BCUT2D eigenvalue weighted by atomic mass is 9.97. The molecule has 0 amide bonds. The van der Waals surface area contributed by atoms with E-state index in [0.29, 0.717) is 6.54 Å². The van der Waals surface area contributed by atoms with E-state index in [4.69, 9.17) is 5.11 Å². The average molecular weight is 233 g/mol. The normalized spacial score (nSPS) is 20.4. The van der Waals surface area contributed by atoms with Crippen LogP contribution in [-0.4, -0.2) is 24.2 Å². The molecule has 1 atom stereocenters. The Morgan fingerprint density at radius 3 is 2.82 bits per heavy atom. The summed E-state index contributed by atoms with van der Waals surface area (Å²) < 4.78 is 0. The summed E-state index contributed by atoms with van der Waals surface area (Å²) in [7, 11) is 0. The molecule has 0 bridgehead atoms. The summed E-state index contributed by atoms with van der Waals surface area (Å²) in [5, 5.41) is 9.09. The molecule has 0 aliphatic carbocycles. The lowest BCUT2D eigenvalue weighted by molar-refractivity contribution is -0.141. The van der Waals surface area contributed by atoms with Crippen LogP contribution in [0.25, 0.3) is 0 Å². The van der Waals surface area contributed by atoms with Gasteiger partial charge in [0.1, 0.15) is 0 Å². The number of hydrogen-bond acceptors (Lipinski definition) is 2. The molecule has 1 saturated heterocycles. The Balaban J connectivity index is 2.19. The van der Waals surface area contributed by atoms with Crippen LogP contribution < -0.4 is 4.90 Å². The van der Waals surface area contributed by atoms with E-state index in [1.54, 1.807) is 0 Å². The fourth-order valence-corrected chi connectivity index (χ4v) is 2.56. The largest absolute Gasteiger partial charge is 0.481 e. The minimum atomic E-state index is -0.667. The zero-order valence-electron chi connectivity index (χ0n) is 10.4. The average Bonchev–Trinajstić information content (AvgIpc) is 2.29. The lowest BCUT2D eigenvalue weighted by Crippen LogP contribution is -2.39. The molecule has 1 aliphatic rings. The van der Waals surface area contributed by atoms with E-state index >= 15 is 0 Å². The highest BCUT2D eigenvalue weighted by atomic mass is 16.4. The maximum absolute atomic E-state index is 11.0. The van der Waals surface area contributed by atoms with E-state index < -0.39 is 5.97 Å². The van der Waals surface area contributed by atoms with Crippen LogP contribution in [0.1, 0.15) is 24.0 Å². The predicted octanol–water partition coefficient (Wildman–Crippen LogP) is 2.60. The van der Waals surface area contributed by atoms with Crippen molar-refractivity contribution in [2.45, 2.75) is 26.7 Å². The molecule has 0 radical (unpaired) electrons. The first-order valence-electron chi connectivity index (χ1n) is 6.13. The monoisotopic (exact) mass is 233 g/mol. The van der Waals surface area contributed by atoms with E-state index in [2.05, 4.69) is 36.9 Å². The number of carbonyl (C=O) groups is 1. The maximum Gasteiger partial charge on any atom is 0.308 e. The number of rotatable bonds is 2. The van der Waals surface area contributed by atoms with Gasteiger partial charge in [0.25, 0.3) is 0 Å². The van der Waals surface area contributed by atoms with Crippen LogP contribution in [0.4, 0.5) is 5.69 Å². The molecule has 1 aromatic carbocycles. The first kappa shape index (κ1) is 12.0. The van der Waals surface area contributed by atoms with Crippen LogP contribution in [0.5, 0.6) is 0 Å². The number of hydrogen-bond donors (Lipinski definition) is 1. The number of piperidine rings is 1. The van der Waals surface area contributed by atoms with E-state index in [0.717, 1.165) is 19.4 Å². The van der Waals surface area contributed by atoms with E-state index in [-0.39, 0.29) is 5.92 Å². The number of nitrogens with zero attached hydrogens (tertiary/aromatic N) is 1. The second kappa shape index (κ2) is 4.78. The zero-order valence-corrected chi connectivity index (χ0v) is 10.4. The second-order valence-corrected chi connectivity index (χ2v) is 4.91. The smallest absolute Gasteiger partial charge is 0.308 e. The fraction of sp³-hybridized carbons (Fsp3) is 0.500. The van der Waals surface area contributed by atoms with Gasteiger partial charge in [-0.15, -0.1) is 0 Å². The summed E-state index contributed by atoms with van der Waals surface area (Å²) in [6, 6.07) is 6.35. The first-order valence-corrected chi connectivity index (χ1v) is 6.13. The summed E-state index contributed by atoms with van der Waals surface area (Å²) in [6.45, 7) is 5.77. The van der Waals surface area contributed by atoms with Crippen LogP contribution >= 0.6 is 0 Å². The van der Waals surface area contributed by atoms with Crippen molar-refractivity contribution in [3.05, 3.63) is 29.3 Å². The van der Waals surface area contributed by atoms with Gasteiger partial charge in [0, 0.05) is 18.8 Å². The van der Waals surface area contributed by atoms with Crippen molar-refractivity contribution in [2.75, 3.05) is 18.0 Å². The highest BCUT2D eigenvalue weighted by Gasteiger charge is 2.25. The van der Waals surface area contributed by atoms with Crippen molar-refractivity contribution in [2.24, 2.45) is 5.92 Å². The van der Waals surface area contributed by atoms with Crippen molar-refractivity contribution in [3.8, 4) is 0 Å².